The van der Waals surface area contributed by atoms with E-state index in [-0.39, 0.29) is 17.9 Å². The Balaban J connectivity index is 1.74. The number of pyridine rings is 1. The van der Waals surface area contributed by atoms with E-state index in [1.165, 1.54) is 0 Å². The Labute approximate surface area is 168 Å². The summed E-state index contributed by atoms with van der Waals surface area (Å²) in [6, 6.07) is 7.63. The van der Waals surface area contributed by atoms with Crippen LogP contribution >= 0.6 is 0 Å². The van der Waals surface area contributed by atoms with E-state index in [1.807, 2.05) is 42.8 Å². The van der Waals surface area contributed by atoms with Crippen molar-refractivity contribution in [2.24, 2.45) is 13.0 Å². The van der Waals surface area contributed by atoms with Gasteiger partial charge in [0.25, 0.3) is 5.88 Å². The second-order valence-corrected chi connectivity index (χ2v) is 7.20. The van der Waals surface area contributed by atoms with Gasteiger partial charge in [-0.2, -0.15) is 0 Å². The summed E-state index contributed by atoms with van der Waals surface area (Å²) in [5.41, 5.74) is 3.30. The summed E-state index contributed by atoms with van der Waals surface area (Å²) in [6.45, 7) is 2.62. The van der Waals surface area contributed by atoms with Crippen LogP contribution in [0.4, 0.5) is 0 Å². The molecular weight excluding hydrogens is 372 g/mol. The van der Waals surface area contributed by atoms with Crippen LogP contribution in [-0.2, 0) is 11.8 Å². The number of nitrogens with zero attached hydrogens (tertiary/aromatic N) is 3. The molecule has 8 heteroatoms. The molecule has 1 fully saturated rings. The molecule has 1 aliphatic rings. The Bertz CT molecular complexity index is 1060. The van der Waals surface area contributed by atoms with Crippen LogP contribution in [0.1, 0.15) is 13.3 Å². The number of amides is 1. The molecule has 0 radical (unpaired) electrons. The summed E-state index contributed by atoms with van der Waals surface area (Å²) in [7, 11) is 5.07. The molecule has 0 saturated carbocycles. The molecule has 8 nitrogen and oxygen atoms in total. The summed E-state index contributed by atoms with van der Waals surface area (Å²) < 4.78 is 18.9. The number of nitrogens with one attached hydrogen (secondary N) is 1. The van der Waals surface area contributed by atoms with E-state index in [4.69, 9.17) is 14.2 Å². The van der Waals surface area contributed by atoms with Gasteiger partial charge < -0.3 is 24.1 Å². The molecule has 0 aliphatic carbocycles. The van der Waals surface area contributed by atoms with Gasteiger partial charge >= 0.3 is 0 Å². The second kappa shape index (κ2) is 7.62. The monoisotopic (exact) mass is 396 g/mol. The summed E-state index contributed by atoms with van der Waals surface area (Å²) in [5, 5.41) is 2.87. The van der Waals surface area contributed by atoms with E-state index in [9.17, 15) is 4.79 Å². The minimum Gasteiger partial charge on any atom is -0.491 e. The Hall–Kier alpha value is -3.29. The summed E-state index contributed by atoms with van der Waals surface area (Å²) in [4.78, 5) is 20.6. The van der Waals surface area contributed by atoms with Crippen molar-refractivity contribution in [1.82, 2.24) is 19.9 Å². The van der Waals surface area contributed by atoms with Crippen molar-refractivity contribution >= 4 is 16.9 Å². The standard InChI is InChI=1S/C21H24N4O4/c1-12(14-9-19(26)22-10-14)29-18-8-13(7-16-20(18)25(2)11-23-16)15-5-6-17(27-3)21(24-15)28-4/h5-8,11-12,14H,9-10H2,1-4H3,(H,22,26)/t12-,14?/m1/s1. The lowest BCUT2D eigenvalue weighted by Crippen LogP contribution is -2.25. The highest BCUT2D eigenvalue weighted by atomic mass is 16.5. The van der Waals surface area contributed by atoms with Crippen LogP contribution in [0.25, 0.3) is 22.3 Å². The lowest BCUT2D eigenvalue weighted by Gasteiger charge is -2.21. The Kier molecular flexibility index (Phi) is 5.00. The molecule has 4 rings (SSSR count). The zero-order valence-electron chi connectivity index (χ0n) is 16.9. The number of aryl methyl sites for hydroxylation is 1. The first-order valence-electron chi connectivity index (χ1n) is 9.48. The zero-order valence-corrected chi connectivity index (χ0v) is 16.9. The number of ether oxygens (including phenoxy) is 3. The number of hydrogen-bond donors (Lipinski definition) is 1. The minimum absolute atomic E-state index is 0.0689. The quantitative estimate of drug-likeness (QED) is 0.689. The van der Waals surface area contributed by atoms with Gasteiger partial charge in [0.1, 0.15) is 17.4 Å². The number of carbonyl (C=O) groups is 1. The van der Waals surface area contributed by atoms with E-state index in [1.54, 1.807) is 20.5 Å². The first-order chi connectivity index (χ1) is 14.0. The first-order valence-corrected chi connectivity index (χ1v) is 9.48. The van der Waals surface area contributed by atoms with E-state index < -0.39 is 0 Å². The number of hydrogen-bond acceptors (Lipinski definition) is 6. The topological polar surface area (TPSA) is 87.5 Å². The molecule has 3 aromatic rings. The third-order valence-electron chi connectivity index (χ3n) is 5.30. The molecule has 1 aromatic carbocycles. The van der Waals surface area contributed by atoms with Gasteiger partial charge in [-0.15, -0.1) is 0 Å². The molecule has 2 aromatic heterocycles. The third kappa shape index (κ3) is 3.57. The molecular formula is C21H24N4O4. The SMILES string of the molecule is COc1ccc(-c2cc(O[C@H](C)C3CNC(=O)C3)c3c(c2)ncn3C)nc1OC. The molecule has 1 saturated heterocycles. The average molecular weight is 396 g/mol. The number of rotatable bonds is 6. The fraction of sp³-hybridized carbons (Fsp3) is 0.381. The van der Waals surface area contributed by atoms with Crippen LogP contribution < -0.4 is 19.5 Å². The van der Waals surface area contributed by atoms with E-state index >= 15 is 0 Å². The highest BCUT2D eigenvalue weighted by Crippen LogP contribution is 2.35. The van der Waals surface area contributed by atoms with Gasteiger partial charge in [0.05, 0.1) is 31.8 Å². The maximum absolute atomic E-state index is 11.6. The Morgan fingerprint density at radius 1 is 1.21 bits per heavy atom. The van der Waals surface area contributed by atoms with Crippen LogP contribution in [0, 0.1) is 5.92 Å². The van der Waals surface area contributed by atoms with E-state index in [0.29, 0.717) is 30.3 Å². The number of aromatic nitrogens is 3. The Morgan fingerprint density at radius 2 is 2.03 bits per heavy atom. The van der Waals surface area contributed by atoms with Crippen LogP contribution in [0.2, 0.25) is 0 Å². The molecule has 3 heterocycles. The van der Waals surface area contributed by atoms with Gasteiger partial charge in [-0.3, -0.25) is 4.79 Å². The smallest absolute Gasteiger partial charge is 0.257 e. The summed E-state index contributed by atoms with van der Waals surface area (Å²) in [6.07, 6.45) is 2.11. The molecule has 29 heavy (non-hydrogen) atoms. The van der Waals surface area contributed by atoms with Crippen LogP contribution in [0.5, 0.6) is 17.4 Å². The molecule has 1 amide bonds. The van der Waals surface area contributed by atoms with Gasteiger partial charge in [0.15, 0.2) is 5.75 Å². The average Bonchev–Trinajstić information content (AvgIpc) is 3.33. The fourth-order valence-corrected chi connectivity index (χ4v) is 3.64. The van der Waals surface area contributed by atoms with Crippen LogP contribution in [-0.4, -0.2) is 47.3 Å². The van der Waals surface area contributed by atoms with Crippen molar-refractivity contribution in [2.75, 3.05) is 20.8 Å². The normalized spacial score (nSPS) is 17.2. The zero-order chi connectivity index (χ0) is 20.5. The molecule has 1 N–H and O–H groups in total. The van der Waals surface area contributed by atoms with Gasteiger partial charge in [0, 0.05) is 31.5 Å². The highest BCUT2D eigenvalue weighted by molar-refractivity contribution is 5.87. The number of methoxy groups -OCH3 is 2. The van der Waals surface area contributed by atoms with Crippen molar-refractivity contribution in [3.8, 4) is 28.6 Å². The van der Waals surface area contributed by atoms with Crippen LogP contribution in [0.3, 0.4) is 0 Å². The van der Waals surface area contributed by atoms with Crippen LogP contribution in [0.15, 0.2) is 30.6 Å². The number of carbonyl (C=O) groups excluding carboxylic acids is 1. The molecule has 152 valence electrons. The van der Waals surface area contributed by atoms with Crippen molar-refractivity contribution in [2.45, 2.75) is 19.4 Å². The number of benzene rings is 1. The van der Waals surface area contributed by atoms with Gasteiger partial charge in [-0.1, -0.05) is 0 Å². The highest BCUT2D eigenvalue weighted by Gasteiger charge is 2.28. The number of fused-ring (bicyclic) bond motifs is 1. The molecule has 1 unspecified atom stereocenters. The maximum Gasteiger partial charge on any atom is 0.257 e. The molecule has 1 aliphatic heterocycles. The molecule has 0 spiro atoms. The van der Waals surface area contributed by atoms with Crippen molar-refractivity contribution in [3.63, 3.8) is 0 Å². The van der Waals surface area contributed by atoms with E-state index in [2.05, 4.69) is 15.3 Å². The second-order valence-electron chi connectivity index (χ2n) is 7.20. The molecule has 2 atom stereocenters. The first kappa shape index (κ1) is 19.0. The predicted molar refractivity (Wildman–Crippen MR) is 108 cm³/mol. The van der Waals surface area contributed by atoms with Crippen molar-refractivity contribution < 1.29 is 19.0 Å². The van der Waals surface area contributed by atoms with Crippen molar-refractivity contribution in [3.05, 3.63) is 30.6 Å². The van der Waals surface area contributed by atoms with E-state index in [0.717, 1.165) is 22.3 Å². The largest absolute Gasteiger partial charge is 0.491 e. The summed E-state index contributed by atoms with van der Waals surface area (Å²) in [5.74, 6) is 1.89. The summed E-state index contributed by atoms with van der Waals surface area (Å²) >= 11 is 0. The molecule has 0 bridgehead atoms. The van der Waals surface area contributed by atoms with Gasteiger partial charge in [-0.05, 0) is 31.2 Å². The number of imidazole rings is 1. The lowest BCUT2D eigenvalue weighted by molar-refractivity contribution is -0.119. The predicted octanol–water partition coefficient (Wildman–Crippen LogP) is 2.56. The van der Waals surface area contributed by atoms with Gasteiger partial charge in [0.2, 0.25) is 5.91 Å². The lowest BCUT2D eigenvalue weighted by atomic mass is 10.0. The Morgan fingerprint density at radius 3 is 2.72 bits per heavy atom. The minimum atomic E-state index is -0.124. The maximum atomic E-state index is 11.6. The van der Waals surface area contributed by atoms with Gasteiger partial charge in [-0.25, -0.2) is 9.97 Å². The third-order valence-corrected chi connectivity index (χ3v) is 5.30. The fourth-order valence-electron chi connectivity index (χ4n) is 3.64. The van der Waals surface area contributed by atoms with Crippen molar-refractivity contribution in [1.29, 1.82) is 0 Å².